The minimum Gasteiger partial charge on any atom is -0.388 e. The van der Waals surface area contributed by atoms with Crippen LogP contribution in [0.3, 0.4) is 0 Å². The summed E-state index contributed by atoms with van der Waals surface area (Å²) in [5.41, 5.74) is 0. The first-order valence-electron chi connectivity index (χ1n) is 2.20. The Morgan fingerprint density at radius 2 is 2.43 bits per heavy atom. The summed E-state index contributed by atoms with van der Waals surface area (Å²) in [6.45, 7) is 5.39. The van der Waals surface area contributed by atoms with Gasteiger partial charge < -0.3 is 5.11 Å². The van der Waals surface area contributed by atoms with Crippen molar-refractivity contribution < 1.29 is 5.11 Å². The van der Waals surface area contributed by atoms with Crippen LogP contribution in [0.15, 0.2) is 11.1 Å². The second kappa shape index (κ2) is 3.22. The highest BCUT2D eigenvalue weighted by atomic mass is 79.9. The lowest BCUT2D eigenvalue weighted by atomic mass is 10.3. The Kier molecular flexibility index (Phi) is 3.30. The molecule has 0 amide bonds. The van der Waals surface area contributed by atoms with Crippen molar-refractivity contribution in [2.24, 2.45) is 0 Å². The number of rotatable bonds is 2. The van der Waals surface area contributed by atoms with Crippen LogP contribution < -0.4 is 0 Å². The Hall–Kier alpha value is 0.180. The quantitative estimate of drug-likeness (QED) is 0.659. The van der Waals surface area contributed by atoms with Crippen LogP contribution in [0.1, 0.15) is 13.3 Å². The van der Waals surface area contributed by atoms with E-state index in [-0.39, 0.29) is 6.10 Å². The van der Waals surface area contributed by atoms with Crippen LogP contribution in [0.25, 0.3) is 0 Å². The normalized spacial score (nSPS) is 13.6. The van der Waals surface area contributed by atoms with Gasteiger partial charge in [-0.15, -0.1) is 0 Å². The molecule has 0 fully saturated rings. The predicted octanol–water partition coefficient (Wildman–Crippen LogP) is 1.67. The van der Waals surface area contributed by atoms with E-state index in [1.807, 2.05) is 6.92 Å². The summed E-state index contributed by atoms with van der Waals surface area (Å²) < 4.78 is 0.662. The van der Waals surface area contributed by atoms with Crippen LogP contribution >= 0.6 is 15.9 Å². The molecule has 0 bridgehead atoms. The first kappa shape index (κ1) is 7.18. The number of hydrogen-bond donors (Lipinski definition) is 1. The van der Waals surface area contributed by atoms with Crippen molar-refractivity contribution in [3.8, 4) is 0 Å². The highest BCUT2D eigenvalue weighted by molar-refractivity contribution is 9.11. The van der Waals surface area contributed by atoms with Crippen molar-refractivity contribution >= 4 is 15.9 Å². The zero-order valence-corrected chi connectivity index (χ0v) is 5.90. The fourth-order valence-electron chi connectivity index (χ4n) is 0.221. The predicted molar refractivity (Wildman–Crippen MR) is 34.4 cm³/mol. The van der Waals surface area contributed by atoms with Gasteiger partial charge in [-0.2, -0.15) is 0 Å². The Morgan fingerprint density at radius 3 is 2.43 bits per heavy atom. The largest absolute Gasteiger partial charge is 0.388 e. The molecule has 0 saturated heterocycles. The van der Waals surface area contributed by atoms with Gasteiger partial charge >= 0.3 is 0 Å². The van der Waals surface area contributed by atoms with Crippen molar-refractivity contribution in [1.82, 2.24) is 0 Å². The molecule has 1 nitrogen and oxygen atoms in total. The van der Waals surface area contributed by atoms with Crippen molar-refractivity contribution in [2.45, 2.75) is 19.4 Å². The van der Waals surface area contributed by atoms with E-state index in [9.17, 15) is 0 Å². The molecule has 0 radical (unpaired) electrons. The van der Waals surface area contributed by atoms with Gasteiger partial charge in [0.25, 0.3) is 0 Å². The molecule has 0 aliphatic rings. The van der Waals surface area contributed by atoms with Gasteiger partial charge in [0.2, 0.25) is 0 Å². The first-order chi connectivity index (χ1) is 3.18. The van der Waals surface area contributed by atoms with E-state index in [2.05, 4.69) is 22.5 Å². The Labute approximate surface area is 52.2 Å². The molecule has 0 spiro atoms. The SMILES string of the molecule is C=C(Br)[C@H](O)CC. The molecule has 0 rings (SSSR count). The van der Waals surface area contributed by atoms with E-state index in [1.54, 1.807) is 0 Å². The highest BCUT2D eigenvalue weighted by Gasteiger charge is 1.98. The molecule has 0 aliphatic heterocycles. The van der Waals surface area contributed by atoms with E-state index >= 15 is 0 Å². The van der Waals surface area contributed by atoms with E-state index in [1.165, 1.54) is 0 Å². The van der Waals surface area contributed by atoms with Gasteiger partial charge in [-0.1, -0.05) is 29.4 Å². The van der Waals surface area contributed by atoms with Gasteiger partial charge in [-0.05, 0) is 6.42 Å². The van der Waals surface area contributed by atoms with E-state index in [0.717, 1.165) is 6.42 Å². The van der Waals surface area contributed by atoms with Crippen LogP contribution in [0.2, 0.25) is 0 Å². The highest BCUT2D eigenvalue weighted by Crippen LogP contribution is 2.09. The zero-order valence-electron chi connectivity index (χ0n) is 4.32. The van der Waals surface area contributed by atoms with E-state index in [0.29, 0.717) is 4.48 Å². The first-order valence-corrected chi connectivity index (χ1v) is 3.00. The standard InChI is InChI=1S/C5H9BrO/c1-3-5(7)4(2)6/h5,7H,2-3H2,1H3/t5-/m1/s1. The summed E-state index contributed by atoms with van der Waals surface area (Å²) in [6, 6.07) is 0. The fourth-order valence-corrected chi connectivity index (χ4v) is 0.545. The second-order valence-electron chi connectivity index (χ2n) is 1.37. The Balaban J connectivity index is 3.34. The lowest BCUT2D eigenvalue weighted by Crippen LogP contribution is -2.01. The number of aliphatic hydroxyl groups is 1. The molecule has 1 N–H and O–H groups in total. The number of hydrogen-bond acceptors (Lipinski definition) is 1. The third kappa shape index (κ3) is 2.83. The summed E-state index contributed by atoms with van der Waals surface area (Å²) in [5.74, 6) is 0. The minimum absolute atomic E-state index is 0.375. The molecule has 0 aliphatic carbocycles. The average Bonchev–Trinajstić information content (AvgIpc) is 1.65. The molecule has 0 aromatic heterocycles. The molecule has 0 unspecified atom stereocenters. The van der Waals surface area contributed by atoms with Gasteiger partial charge in [0.1, 0.15) is 0 Å². The Morgan fingerprint density at radius 1 is 2.00 bits per heavy atom. The maximum absolute atomic E-state index is 8.79. The van der Waals surface area contributed by atoms with Crippen LogP contribution in [-0.2, 0) is 0 Å². The van der Waals surface area contributed by atoms with Crippen molar-refractivity contribution in [3.63, 3.8) is 0 Å². The summed E-state index contributed by atoms with van der Waals surface area (Å²) >= 11 is 3.06. The maximum Gasteiger partial charge on any atom is 0.0846 e. The van der Waals surface area contributed by atoms with Crippen LogP contribution in [0, 0.1) is 0 Å². The van der Waals surface area contributed by atoms with Gasteiger partial charge in [0.05, 0.1) is 6.10 Å². The number of aliphatic hydroxyl groups excluding tert-OH is 1. The average molecular weight is 165 g/mol. The van der Waals surface area contributed by atoms with Crippen LogP contribution in [0.4, 0.5) is 0 Å². The summed E-state index contributed by atoms with van der Waals surface area (Å²) in [4.78, 5) is 0. The smallest absolute Gasteiger partial charge is 0.0846 e. The molecule has 0 aromatic carbocycles. The van der Waals surface area contributed by atoms with E-state index in [4.69, 9.17) is 5.11 Å². The topological polar surface area (TPSA) is 20.2 Å². The summed E-state index contributed by atoms with van der Waals surface area (Å²) in [6.07, 6.45) is 0.351. The molecule has 2 heteroatoms. The zero-order chi connectivity index (χ0) is 5.86. The monoisotopic (exact) mass is 164 g/mol. The molecule has 0 aromatic rings. The minimum atomic E-state index is -0.375. The lowest BCUT2D eigenvalue weighted by Gasteiger charge is -2.01. The Bertz CT molecular complexity index is 70.5. The van der Waals surface area contributed by atoms with E-state index < -0.39 is 0 Å². The molecular weight excluding hydrogens is 156 g/mol. The molecular formula is C5H9BrO. The molecule has 0 saturated carbocycles. The molecule has 7 heavy (non-hydrogen) atoms. The third-order valence-electron chi connectivity index (χ3n) is 0.748. The third-order valence-corrected chi connectivity index (χ3v) is 1.28. The van der Waals surface area contributed by atoms with Crippen LogP contribution in [-0.4, -0.2) is 11.2 Å². The van der Waals surface area contributed by atoms with Gasteiger partial charge in [0.15, 0.2) is 0 Å². The van der Waals surface area contributed by atoms with Crippen molar-refractivity contribution in [2.75, 3.05) is 0 Å². The summed E-state index contributed by atoms with van der Waals surface area (Å²) in [7, 11) is 0. The fraction of sp³-hybridized carbons (Fsp3) is 0.600. The van der Waals surface area contributed by atoms with Crippen molar-refractivity contribution in [3.05, 3.63) is 11.1 Å². The van der Waals surface area contributed by atoms with Crippen LogP contribution in [0.5, 0.6) is 0 Å². The van der Waals surface area contributed by atoms with Crippen molar-refractivity contribution in [1.29, 1.82) is 0 Å². The second-order valence-corrected chi connectivity index (χ2v) is 2.39. The molecule has 42 valence electrons. The van der Waals surface area contributed by atoms with Gasteiger partial charge in [-0.25, -0.2) is 0 Å². The summed E-state index contributed by atoms with van der Waals surface area (Å²) in [5, 5.41) is 8.79. The molecule has 1 atom stereocenters. The maximum atomic E-state index is 8.79. The van der Waals surface area contributed by atoms with Gasteiger partial charge in [-0.3, -0.25) is 0 Å². The van der Waals surface area contributed by atoms with Gasteiger partial charge in [0, 0.05) is 4.48 Å². The lowest BCUT2D eigenvalue weighted by molar-refractivity contribution is 0.216. The number of halogens is 1. The molecule has 0 heterocycles.